The van der Waals surface area contributed by atoms with Crippen LogP contribution in [0.25, 0.3) is 10.8 Å². The van der Waals surface area contributed by atoms with E-state index in [1.165, 1.54) is 21.9 Å². The summed E-state index contributed by atoms with van der Waals surface area (Å²) < 4.78 is 0. The molecule has 0 N–H and O–H groups in total. The van der Waals surface area contributed by atoms with Crippen LogP contribution in [0, 0.1) is 11.3 Å². The molecule has 0 amide bonds. The summed E-state index contributed by atoms with van der Waals surface area (Å²) in [5.41, 5.74) is 3.22. The van der Waals surface area contributed by atoms with Crippen molar-refractivity contribution in [3.63, 3.8) is 0 Å². The highest BCUT2D eigenvalue weighted by atomic mass is 15.1. The van der Waals surface area contributed by atoms with Gasteiger partial charge in [-0.1, -0.05) is 30.3 Å². The Morgan fingerprint density at radius 1 is 1.05 bits per heavy atom. The number of benzene rings is 2. The minimum absolute atomic E-state index is 0.702. The summed E-state index contributed by atoms with van der Waals surface area (Å²) in [6.45, 7) is 1.73. The summed E-state index contributed by atoms with van der Waals surface area (Å²) in [6, 6.07) is 18.3. The minimum atomic E-state index is 0.702. The molecule has 0 radical (unpaired) electrons. The molecule has 3 heteroatoms. The molecular formula is C19H17N3. The topological polar surface area (TPSA) is 39.9 Å². The Hall–Kier alpha value is -2.70. The number of fused-ring (bicyclic) bond motifs is 1. The molecule has 3 rings (SSSR count). The summed E-state index contributed by atoms with van der Waals surface area (Å²) >= 11 is 0. The zero-order valence-corrected chi connectivity index (χ0v) is 12.5. The van der Waals surface area contributed by atoms with Crippen LogP contribution in [0.2, 0.25) is 0 Å². The first kappa shape index (κ1) is 14.2. The number of rotatable bonds is 4. The zero-order chi connectivity index (χ0) is 15.4. The number of nitrogens with zero attached hydrogens (tertiary/aromatic N) is 3. The molecule has 3 aromatic rings. The molecule has 0 saturated heterocycles. The Balaban J connectivity index is 1.75. The molecule has 1 heterocycles. The highest BCUT2D eigenvalue weighted by Gasteiger charge is 2.05. The Morgan fingerprint density at radius 3 is 2.64 bits per heavy atom. The van der Waals surface area contributed by atoms with Crippen LogP contribution in [0.4, 0.5) is 0 Å². The fourth-order valence-electron chi connectivity index (χ4n) is 2.67. The van der Waals surface area contributed by atoms with Gasteiger partial charge in [-0.05, 0) is 41.8 Å². The van der Waals surface area contributed by atoms with E-state index >= 15 is 0 Å². The van der Waals surface area contributed by atoms with Gasteiger partial charge in [0.1, 0.15) is 0 Å². The lowest BCUT2D eigenvalue weighted by Crippen LogP contribution is -2.17. The van der Waals surface area contributed by atoms with Crippen LogP contribution in [0.1, 0.15) is 16.7 Å². The van der Waals surface area contributed by atoms with E-state index in [2.05, 4.69) is 47.3 Å². The molecule has 1 aromatic heterocycles. The quantitative estimate of drug-likeness (QED) is 0.734. The van der Waals surface area contributed by atoms with E-state index in [-0.39, 0.29) is 0 Å². The van der Waals surface area contributed by atoms with Crippen molar-refractivity contribution in [2.45, 2.75) is 13.1 Å². The molecule has 0 aliphatic rings. The molecule has 0 bridgehead atoms. The zero-order valence-electron chi connectivity index (χ0n) is 12.5. The summed E-state index contributed by atoms with van der Waals surface area (Å²) in [4.78, 5) is 6.45. The standard InChI is InChI=1S/C19H17N3/c1-22(13-16-7-5-15(11-20)6-8-16)14-18-4-2-3-17-12-21-10-9-19(17)18/h2-10,12H,13-14H2,1H3. The molecule has 3 nitrogen and oxygen atoms in total. The number of hydrogen-bond donors (Lipinski definition) is 0. The maximum Gasteiger partial charge on any atom is 0.0991 e. The summed E-state index contributed by atoms with van der Waals surface area (Å²) in [5, 5.41) is 11.3. The molecule has 0 aliphatic carbocycles. The van der Waals surface area contributed by atoms with Gasteiger partial charge >= 0.3 is 0 Å². The number of pyridine rings is 1. The molecule has 0 fully saturated rings. The van der Waals surface area contributed by atoms with E-state index in [0.717, 1.165) is 13.1 Å². The van der Waals surface area contributed by atoms with E-state index < -0.39 is 0 Å². The maximum atomic E-state index is 8.84. The molecule has 0 aliphatic heterocycles. The number of aromatic nitrogens is 1. The second kappa shape index (κ2) is 6.38. The summed E-state index contributed by atoms with van der Waals surface area (Å²) in [5.74, 6) is 0. The Labute approximate surface area is 130 Å². The van der Waals surface area contributed by atoms with Crippen LogP contribution in [0.5, 0.6) is 0 Å². The first-order valence-corrected chi connectivity index (χ1v) is 7.25. The summed E-state index contributed by atoms with van der Waals surface area (Å²) in [6.07, 6.45) is 3.74. The first-order chi connectivity index (χ1) is 10.8. The van der Waals surface area contributed by atoms with Gasteiger partial charge in [0, 0.05) is 30.9 Å². The molecule has 0 atom stereocenters. The van der Waals surface area contributed by atoms with Crippen molar-refractivity contribution < 1.29 is 0 Å². The van der Waals surface area contributed by atoms with Crippen molar-refractivity contribution in [3.8, 4) is 6.07 Å². The molecule has 0 saturated carbocycles. The van der Waals surface area contributed by atoms with E-state index in [1.54, 1.807) is 0 Å². The van der Waals surface area contributed by atoms with Gasteiger partial charge in [-0.2, -0.15) is 5.26 Å². The van der Waals surface area contributed by atoms with Gasteiger partial charge in [0.15, 0.2) is 0 Å². The Morgan fingerprint density at radius 2 is 1.86 bits per heavy atom. The number of hydrogen-bond acceptors (Lipinski definition) is 3. The van der Waals surface area contributed by atoms with Crippen molar-refractivity contribution in [3.05, 3.63) is 77.6 Å². The molecule has 108 valence electrons. The fourth-order valence-corrected chi connectivity index (χ4v) is 2.67. The van der Waals surface area contributed by atoms with E-state index in [9.17, 15) is 0 Å². The molecule has 0 spiro atoms. The van der Waals surface area contributed by atoms with Gasteiger partial charge in [-0.15, -0.1) is 0 Å². The Bertz CT molecular complexity index is 811. The van der Waals surface area contributed by atoms with Crippen LogP contribution in [-0.2, 0) is 13.1 Å². The Kier molecular flexibility index (Phi) is 4.13. The van der Waals surface area contributed by atoms with Crippen LogP contribution in [0.15, 0.2) is 60.9 Å². The smallest absolute Gasteiger partial charge is 0.0991 e. The van der Waals surface area contributed by atoms with Crippen LogP contribution >= 0.6 is 0 Å². The SMILES string of the molecule is CN(Cc1ccc(C#N)cc1)Cc1cccc2cnccc12. The van der Waals surface area contributed by atoms with Crippen LogP contribution in [0.3, 0.4) is 0 Å². The third-order valence-corrected chi connectivity index (χ3v) is 3.75. The van der Waals surface area contributed by atoms with Gasteiger partial charge in [0.2, 0.25) is 0 Å². The van der Waals surface area contributed by atoms with E-state index in [0.29, 0.717) is 5.56 Å². The third kappa shape index (κ3) is 3.13. The van der Waals surface area contributed by atoms with Crippen molar-refractivity contribution in [2.75, 3.05) is 7.05 Å². The molecular weight excluding hydrogens is 270 g/mol. The van der Waals surface area contributed by atoms with E-state index in [1.807, 2.05) is 36.7 Å². The average molecular weight is 287 g/mol. The molecule has 2 aromatic carbocycles. The van der Waals surface area contributed by atoms with Gasteiger partial charge in [-0.3, -0.25) is 9.88 Å². The van der Waals surface area contributed by atoms with Crippen molar-refractivity contribution >= 4 is 10.8 Å². The lowest BCUT2D eigenvalue weighted by molar-refractivity contribution is 0.320. The van der Waals surface area contributed by atoms with E-state index in [4.69, 9.17) is 5.26 Å². The third-order valence-electron chi connectivity index (χ3n) is 3.75. The van der Waals surface area contributed by atoms with Gasteiger partial charge in [-0.25, -0.2) is 0 Å². The van der Waals surface area contributed by atoms with Crippen molar-refractivity contribution in [1.29, 1.82) is 5.26 Å². The van der Waals surface area contributed by atoms with Gasteiger partial charge in [0.05, 0.1) is 11.6 Å². The highest BCUT2D eigenvalue weighted by molar-refractivity contribution is 5.84. The lowest BCUT2D eigenvalue weighted by Gasteiger charge is -2.18. The second-order valence-corrected chi connectivity index (χ2v) is 5.49. The highest BCUT2D eigenvalue weighted by Crippen LogP contribution is 2.19. The van der Waals surface area contributed by atoms with Gasteiger partial charge < -0.3 is 0 Å². The fraction of sp³-hybridized carbons (Fsp3) is 0.158. The predicted molar refractivity (Wildman–Crippen MR) is 88.1 cm³/mol. The average Bonchev–Trinajstić information content (AvgIpc) is 2.56. The normalized spacial score (nSPS) is 10.8. The minimum Gasteiger partial charge on any atom is -0.298 e. The first-order valence-electron chi connectivity index (χ1n) is 7.25. The largest absolute Gasteiger partial charge is 0.298 e. The van der Waals surface area contributed by atoms with Crippen molar-refractivity contribution in [1.82, 2.24) is 9.88 Å². The number of nitriles is 1. The summed E-state index contributed by atoms with van der Waals surface area (Å²) in [7, 11) is 2.11. The second-order valence-electron chi connectivity index (χ2n) is 5.49. The monoisotopic (exact) mass is 287 g/mol. The van der Waals surface area contributed by atoms with Crippen molar-refractivity contribution in [2.24, 2.45) is 0 Å². The molecule has 0 unspecified atom stereocenters. The predicted octanol–water partition coefficient (Wildman–Crippen LogP) is 3.74. The van der Waals surface area contributed by atoms with Gasteiger partial charge in [0.25, 0.3) is 0 Å². The van der Waals surface area contributed by atoms with Crippen LogP contribution < -0.4 is 0 Å². The lowest BCUT2D eigenvalue weighted by atomic mass is 10.1. The maximum absolute atomic E-state index is 8.84. The molecule has 22 heavy (non-hydrogen) atoms. The van der Waals surface area contributed by atoms with Crippen LogP contribution in [-0.4, -0.2) is 16.9 Å².